The highest BCUT2D eigenvalue weighted by Gasteiger charge is 2.24. The minimum atomic E-state index is -0.814. The number of hydrogen-bond acceptors (Lipinski definition) is 9. The van der Waals surface area contributed by atoms with Gasteiger partial charge in [0.25, 0.3) is 5.69 Å². The molecular formula is C27H27FN4O6. The zero-order valence-corrected chi connectivity index (χ0v) is 20.5. The number of piperazine rings is 1. The number of aldehydes is 1. The van der Waals surface area contributed by atoms with Gasteiger partial charge in [-0.05, 0) is 48.0 Å². The van der Waals surface area contributed by atoms with E-state index in [4.69, 9.17) is 14.2 Å². The van der Waals surface area contributed by atoms with Gasteiger partial charge in [-0.2, -0.15) is 0 Å². The number of nitro benzene ring substituents is 1. The molecule has 38 heavy (non-hydrogen) atoms. The summed E-state index contributed by atoms with van der Waals surface area (Å²) in [7, 11) is 0. The molecule has 1 atom stereocenters. The average Bonchev–Trinajstić information content (AvgIpc) is 3.40. The van der Waals surface area contributed by atoms with Crippen molar-refractivity contribution in [3.05, 3.63) is 82.2 Å². The number of non-ortho nitro benzene ring substituents is 1. The van der Waals surface area contributed by atoms with Crippen molar-refractivity contribution in [1.29, 1.82) is 0 Å². The average molecular weight is 523 g/mol. The highest BCUT2D eigenvalue weighted by atomic mass is 19.1. The molecule has 2 aliphatic heterocycles. The van der Waals surface area contributed by atoms with Crippen LogP contribution in [-0.2, 0) is 11.3 Å². The molecule has 0 aromatic heterocycles. The highest BCUT2D eigenvalue weighted by Crippen LogP contribution is 2.33. The molecule has 0 radical (unpaired) electrons. The summed E-state index contributed by atoms with van der Waals surface area (Å²) in [6, 6.07) is 15.8. The first-order valence-corrected chi connectivity index (χ1v) is 12.2. The van der Waals surface area contributed by atoms with Crippen LogP contribution in [0.15, 0.2) is 60.7 Å². The zero-order chi connectivity index (χ0) is 26.5. The molecule has 1 unspecified atom stereocenters. The zero-order valence-electron chi connectivity index (χ0n) is 20.5. The number of fused-ring (bicyclic) bond motifs is 1. The number of benzene rings is 3. The second kappa shape index (κ2) is 11.4. The number of nitro groups is 1. The van der Waals surface area contributed by atoms with Gasteiger partial charge in [0.15, 0.2) is 23.1 Å². The van der Waals surface area contributed by atoms with E-state index in [2.05, 4.69) is 21.2 Å². The van der Waals surface area contributed by atoms with Gasteiger partial charge in [0.05, 0.1) is 17.0 Å². The van der Waals surface area contributed by atoms with E-state index in [0.29, 0.717) is 12.3 Å². The number of halogens is 1. The van der Waals surface area contributed by atoms with Crippen LogP contribution in [-0.4, -0.2) is 66.6 Å². The molecule has 3 aromatic rings. The van der Waals surface area contributed by atoms with E-state index in [1.54, 1.807) is 24.3 Å². The monoisotopic (exact) mass is 522 g/mol. The molecule has 2 heterocycles. The minimum Gasteiger partial charge on any atom is -0.454 e. The van der Waals surface area contributed by atoms with Crippen LogP contribution in [0.5, 0.6) is 23.0 Å². The summed E-state index contributed by atoms with van der Waals surface area (Å²) in [4.78, 5) is 26.5. The molecule has 0 aliphatic carbocycles. The van der Waals surface area contributed by atoms with Crippen molar-refractivity contribution in [2.75, 3.05) is 44.8 Å². The summed E-state index contributed by atoms with van der Waals surface area (Å²) in [6.45, 7) is 4.79. The van der Waals surface area contributed by atoms with Gasteiger partial charge in [-0.15, -0.1) is 0 Å². The molecule has 1 saturated heterocycles. The van der Waals surface area contributed by atoms with E-state index in [-0.39, 0.29) is 24.3 Å². The SMILES string of the molecule is O=CC(CNc1ccc(Oc2ccc([N+](=O)[O-])cc2F)cc1)N1CCN(Cc2ccc3c(c2)OCO3)CC1. The van der Waals surface area contributed by atoms with Crippen molar-refractivity contribution in [3.8, 4) is 23.0 Å². The fourth-order valence-corrected chi connectivity index (χ4v) is 4.49. The predicted molar refractivity (Wildman–Crippen MR) is 137 cm³/mol. The number of carbonyl (C=O) groups excluding carboxylic acids is 1. The molecule has 1 fully saturated rings. The maximum absolute atomic E-state index is 14.1. The van der Waals surface area contributed by atoms with E-state index in [1.807, 2.05) is 12.1 Å². The lowest BCUT2D eigenvalue weighted by Crippen LogP contribution is -2.52. The van der Waals surface area contributed by atoms with Crippen LogP contribution in [0.25, 0.3) is 0 Å². The molecule has 10 nitrogen and oxygen atoms in total. The number of anilines is 1. The molecular weight excluding hydrogens is 495 g/mol. The third-order valence-corrected chi connectivity index (χ3v) is 6.60. The normalized spacial score (nSPS) is 16.1. The smallest absolute Gasteiger partial charge is 0.272 e. The summed E-state index contributed by atoms with van der Waals surface area (Å²) in [5.74, 6) is 1.03. The van der Waals surface area contributed by atoms with Crippen molar-refractivity contribution in [1.82, 2.24) is 9.80 Å². The highest BCUT2D eigenvalue weighted by molar-refractivity contribution is 5.60. The van der Waals surface area contributed by atoms with Crippen molar-refractivity contribution >= 4 is 17.7 Å². The van der Waals surface area contributed by atoms with Crippen LogP contribution in [0.1, 0.15) is 5.56 Å². The fourth-order valence-electron chi connectivity index (χ4n) is 4.49. The molecule has 0 amide bonds. The van der Waals surface area contributed by atoms with Crippen LogP contribution in [0.3, 0.4) is 0 Å². The topological polar surface area (TPSA) is 106 Å². The van der Waals surface area contributed by atoms with Gasteiger partial charge in [0.2, 0.25) is 6.79 Å². The molecule has 198 valence electrons. The lowest BCUT2D eigenvalue weighted by molar-refractivity contribution is -0.385. The Kier molecular flexibility index (Phi) is 7.66. The number of carbonyl (C=O) groups is 1. The standard InChI is InChI=1S/C27H27FN4O6/c28-24-14-21(32(34)35)4-8-25(24)38-23-5-2-20(3-6-23)29-15-22(17-33)31-11-9-30(10-12-31)16-19-1-7-26-27(13-19)37-18-36-26/h1-8,13-14,17,22,29H,9-12,15-16,18H2. The Morgan fingerprint density at radius 3 is 2.50 bits per heavy atom. The van der Waals surface area contributed by atoms with E-state index in [9.17, 15) is 19.3 Å². The summed E-state index contributed by atoms with van der Waals surface area (Å²) < 4.78 is 30.4. The van der Waals surface area contributed by atoms with Crippen LogP contribution < -0.4 is 19.5 Å². The number of nitrogens with zero attached hydrogens (tertiary/aromatic N) is 3. The lowest BCUT2D eigenvalue weighted by atomic mass is 10.1. The van der Waals surface area contributed by atoms with E-state index in [0.717, 1.165) is 62.3 Å². The van der Waals surface area contributed by atoms with E-state index in [1.165, 1.54) is 17.7 Å². The maximum Gasteiger partial charge on any atom is 0.272 e. The van der Waals surface area contributed by atoms with Crippen LogP contribution in [0, 0.1) is 15.9 Å². The summed E-state index contributed by atoms with van der Waals surface area (Å²) in [6.07, 6.45) is 0.968. The Hall–Kier alpha value is -4.22. The largest absolute Gasteiger partial charge is 0.454 e. The number of rotatable bonds is 10. The maximum atomic E-state index is 14.1. The van der Waals surface area contributed by atoms with Crippen molar-refractivity contribution < 1.29 is 28.3 Å². The minimum absolute atomic E-state index is 0.102. The van der Waals surface area contributed by atoms with Crippen LogP contribution in [0.4, 0.5) is 15.8 Å². The molecule has 2 aliphatic rings. The van der Waals surface area contributed by atoms with Gasteiger partial charge in [0, 0.05) is 51.0 Å². The summed E-state index contributed by atoms with van der Waals surface area (Å²) in [5.41, 5.74) is 1.61. The van der Waals surface area contributed by atoms with Crippen molar-refractivity contribution in [3.63, 3.8) is 0 Å². The van der Waals surface area contributed by atoms with E-state index < -0.39 is 10.7 Å². The van der Waals surface area contributed by atoms with Crippen LogP contribution >= 0.6 is 0 Å². The fraction of sp³-hybridized carbons (Fsp3) is 0.296. The van der Waals surface area contributed by atoms with Crippen LogP contribution in [0.2, 0.25) is 0 Å². The van der Waals surface area contributed by atoms with Gasteiger partial charge < -0.3 is 24.3 Å². The third kappa shape index (κ3) is 6.01. The van der Waals surface area contributed by atoms with Gasteiger partial charge in [0.1, 0.15) is 12.0 Å². The number of hydrogen-bond donors (Lipinski definition) is 1. The molecule has 0 spiro atoms. The quantitative estimate of drug-likeness (QED) is 0.240. The lowest BCUT2D eigenvalue weighted by Gasteiger charge is -2.37. The Balaban J connectivity index is 1.09. The molecule has 0 saturated carbocycles. The van der Waals surface area contributed by atoms with Crippen molar-refractivity contribution in [2.45, 2.75) is 12.6 Å². The van der Waals surface area contributed by atoms with Gasteiger partial charge >= 0.3 is 0 Å². The second-order valence-electron chi connectivity index (χ2n) is 9.08. The first-order chi connectivity index (χ1) is 18.5. The summed E-state index contributed by atoms with van der Waals surface area (Å²) in [5, 5.41) is 14.0. The van der Waals surface area contributed by atoms with Gasteiger partial charge in [-0.25, -0.2) is 4.39 Å². The Morgan fingerprint density at radius 1 is 1.03 bits per heavy atom. The van der Waals surface area contributed by atoms with E-state index >= 15 is 0 Å². The molecule has 11 heteroatoms. The Bertz CT molecular complexity index is 1300. The summed E-state index contributed by atoms with van der Waals surface area (Å²) >= 11 is 0. The van der Waals surface area contributed by atoms with Gasteiger partial charge in [-0.3, -0.25) is 19.9 Å². The Labute approximate surface area is 218 Å². The first-order valence-electron chi connectivity index (χ1n) is 12.2. The number of nitrogens with one attached hydrogen (secondary N) is 1. The number of ether oxygens (including phenoxy) is 3. The third-order valence-electron chi connectivity index (χ3n) is 6.60. The molecule has 0 bridgehead atoms. The Morgan fingerprint density at radius 2 is 1.79 bits per heavy atom. The first kappa shape index (κ1) is 25.4. The van der Waals surface area contributed by atoms with Gasteiger partial charge in [-0.1, -0.05) is 6.07 Å². The molecule has 1 N–H and O–H groups in total. The second-order valence-corrected chi connectivity index (χ2v) is 9.08. The molecule has 3 aromatic carbocycles. The predicted octanol–water partition coefficient (Wildman–Crippen LogP) is 4.05. The van der Waals surface area contributed by atoms with Crippen molar-refractivity contribution in [2.24, 2.45) is 0 Å². The molecule has 5 rings (SSSR count).